The highest BCUT2D eigenvalue weighted by atomic mass is 16.5. The predicted molar refractivity (Wildman–Crippen MR) is 102 cm³/mol. The highest BCUT2D eigenvalue weighted by molar-refractivity contribution is 6.03. The molecule has 0 saturated heterocycles. The minimum atomic E-state index is -0.343. The summed E-state index contributed by atoms with van der Waals surface area (Å²) in [6.07, 6.45) is 3.20. The van der Waals surface area contributed by atoms with Gasteiger partial charge >= 0.3 is 0 Å². The summed E-state index contributed by atoms with van der Waals surface area (Å²) in [5.74, 6) is 0.437. The third-order valence-corrected chi connectivity index (χ3v) is 3.99. The van der Waals surface area contributed by atoms with Gasteiger partial charge in [-0.15, -0.1) is 5.10 Å². The number of fused-ring (bicyclic) bond motifs is 1. The topological polar surface area (TPSA) is 81.9 Å². The van der Waals surface area contributed by atoms with Crippen LogP contribution in [0.4, 0.5) is 5.69 Å². The second-order valence-corrected chi connectivity index (χ2v) is 5.85. The van der Waals surface area contributed by atoms with Crippen molar-refractivity contribution in [2.75, 3.05) is 11.9 Å². The maximum absolute atomic E-state index is 12.5. The highest BCUT2D eigenvalue weighted by Gasteiger charge is 2.12. The van der Waals surface area contributed by atoms with Crippen LogP contribution in [0.3, 0.4) is 0 Å². The molecule has 2 heterocycles. The Morgan fingerprint density at radius 1 is 1.15 bits per heavy atom. The Morgan fingerprint density at radius 2 is 1.96 bits per heavy atom. The molecule has 134 valence electrons. The van der Waals surface area contributed by atoms with Crippen molar-refractivity contribution in [3.63, 3.8) is 0 Å². The molecule has 4 aromatic rings. The van der Waals surface area contributed by atoms with E-state index in [9.17, 15) is 4.79 Å². The van der Waals surface area contributed by atoms with E-state index in [1.807, 2.05) is 61.5 Å². The molecule has 0 spiro atoms. The number of ether oxygens (including phenoxy) is 1. The van der Waals surface area contributed by atoms with Crippen molar-refractivity contribution in [2.24, 2.45) is 0 Å². The van der Waals surface area contributed by atoms with Gasteiger partial charge in [0.15, 0.2) is 5.69 Å². The van der Waals surface area contributed by atoms with Crippen LogP contribution in [-0.4, -0.2) is 32.5 Å². The molecule has 0 aliphatic carbocycles. The summed E-state index contributed by atoms with van der Waals surface area (Å²) in [5.41, 5.74) is 2.49. The molecule has 0 radical (unpaired) electrons. The van der Waals surface area contributed by atoms with Gasteiger partial charge in [0.25, 0.3) is 5.91 Å². The first-order valence-corrected chi connectivity index (χ1v) is 8.54. The number of benzene rings is 2. The van der Waals surface area contributed by atoms with Crippen LogP contribution in [0.15, 0.2) is 67.0 Å². The van der Waals surface area contributed by atoms with E-state index in [1.54, 1.807) is 17.1 Å². The lowest BCUT2D eigenvalue weighted by molar-refractivity contribution is 0.102. The number of anilines is 1. The molecule has 0 saturated carbocycles. The fraction of sp³-hybridized carbons (Fsp3) is 0.100. The minimum absolute atomic E-state index is 0.219. The number of amides is 1. The minimum Gasteiger partial charge on any atom is -0.494 e. The Bertz CT molecular complexity index is 1090. The molecule has 0 aliphatic heterocycles. The fourth-order valence-corrected chi connectivity index (χ4v) is 2.69. The second-order valence-electron chi connectivity index (χ2n) is 5.85. The molecule has 2 aromatic carbocycles. The predicted octanol–water partition coefficient (Wildman–Crippen LogP) is 3.47. The molecule has 1 N–H and O–H groups in total. The van der Waals surface area contributed by atoms with Gasteiger partial charge in [0.05, 0.1) is 35.9 Å². The molecule has 7 heteroatoms. The zero-order valence-electron chi connectivity index (χ0n) is 14.7. The van der Waals surface area contributed by atoms with Crippen LogP contribution in [0, 0.1) is 0 Å². The van der Waals surface area contributed by atoms with Crippen LogP contribution in [0.2, 0.25) is 0 Å². The third kappa shape index (κ3) is 3.62. The molecular formula is C20H17N5O2. The van der Waals surface area contributed by atoms with Crippen molar-refractivity contribution in [2.45, 2.75) is 6.92 Å². The van der Waals surface area contributed by atoms with Gasteiger partial charge in [-0.3, -0.25) is 9.78 Å². The summed E-state index contributed by atoms with van der Waals surface area (Å²) >= 11 is 0. The zero-order valence-corrected chi connectivity index (χ0v) is 14.7. The first kappa shape index (κ1) is 16.7. The molecular weight excluding hydrogens is 342 g/mol. The third-order valence-electron chi connectivity index (χ3n) is 3.99. The van der Waals surface area contributed by atoms with Crippen molar-refractivity contribution >= 4 is 22.5 Å². The van der Waals surface area contributed by atoms with Crippen molar-refractivity contribution in [3.05, 3.63) is 72.7 Å². The summed E-state index contributed by atoms with van der Waals surface area (Å²) in [7, 11) is 0. The van der Waals surface area contributed by atoms with E-state index >= 15 is 0 Å². The summed E-state index contributed by atoms with van der Waals surface area (Å²) in [4.78, 5) is 16.8. The first-order valence-electron chi connectivity index (χ1n) is 8.54. The number of carbonyl (C=O) groups excluding carboxylic acids is 1. The van der Waals surface area contributed by atoms with Crippen molar-refractivity contribution in [3.8, 4) is 11.4 Å². The monoisotopic (exact) mass is 359 g/mol. The number of pyridine rings is 1. The molecule has 0 bridgehead atoms. The molecule has 7 nitrogen and oxygen atoms in total. The number of rotatable bonds is 5. The highest BCUT2D eigenvalue weighted by Crippen LogP contribution is 2.17. The summed E-state index contributed by atoms with van der Waals surface area (Å²) in [5, 5.41) is 11.7. The number of hydrogen-bond acceptors (Lipinski definition) is 5. The Morgan fingerprint density at radius 3 is 2.78 bits per heavy atom. The molecule has 2 aromatic heterocycles. The molecule has 1 amide bonds. The molecule has 0 fully saturated rings. The normalized spacial score (nSPS) is 10.7. The Hall–Kier alpha value is -3.74. The van der Waals surface area contributed by atoms with E-state index in [1.165, 1.54) is 0 Å². The number of carbonyl (C=O) groups is 1. The summed E-state index contributed by atoms with van der Waals surface area (Å²) in [6, 6.07) is 17.0. The Kier molecular flexibility index (Phi) is 4.49. The van der Waals surface area contributed by atoms with Gasteiger partial charge < -0.3 is 10.1 Å². The van der Waals surface area contributed by atoms with Crippen molar-refractivity contribution in [1.29, 1.82) is 0 Å². The molecule has 27 heavy (non-hydrogen) atoms. The molecule has 0 aliphatic rings. The lowest BCUT2D eigenvalue weighted by Gasteiger charge is -2.04. The fourth-order valence-electron chi connectivity index (χ4n) is 2.69. The average Bonchev–Trinajstić information content (AvgIpc) is 3.19. The Labute approximate surface area is 155 Å². The van der Waals surface area contributed by atoms with Crippen molar-refractivity contribution in [1.82, 2.24) is 20.0 Å². The quantitative estimate of drug-likeness (QED) is 0.590. The van der Waals surface area contributed by atoms with Crippen LogP contribution in [0.1, 0.15) is 17.4 Å². The van der Waals surface area contributed by atoms with Crippen molar-refractivity contribution < 1.29 is 9.53 Å². The van der Waals surface area contributed by atoms with Crippen LogP contribution in [0.5, 0.6) is 5.75 Å². The van der Waals surface area contributed by atoms with E-state index in [4.69, 9.17) is 4.74 Å². The number of nitrogens with one attached hydrogen (secondary N) is 1. The van der Waals surface area contributed by atoms with E-state index in [0.717, 1.165) is 22.3 Å². The van der Waals surface area contributed by atoms with Gasteiger partial charge in [0.1, 0.15) is 5.75 Å². The van der Waals surface area contributed by atoms with E-state index < -0.39 is 0 Å². The Balaban J connectivity index is 1.50. The van der Waals surface area contributed by atoms with Crippen LogP contribution in [-0.2, 0) is 0 Å². The van der Waals surface area contributed by atoms with E-state index in [2.05, 4.69) is 20.6 Å². The smallest absolute Gasteiger partial charge is 0.277 e. The first-order chi connectivity index (χ1) is 13.2. The average molecular weight is 359 g/mol. The number of hydrogen-bond donors (Lipinski definition) is 1. The second kappa shape index (κ2) is 7.25. The summed E-state index contributed by atoms with van der Waals surface area (Å²) in [6.45, 7) is 2.54. The number of nitrogens with zero attached hydrogens (tertiary/aromatic N) is 4. The lowest BCUT2D eigenvalue weighted by atomic mass is 10.2. The standard InChI is InChI=1S/C20H17N5O2/c1-2-27-17-9-7-16(8-10-17)25-13-19(23-24-25)20(26)22-15-11-14-5-3-4-6-18(14)21-12-15/h3-13H,2H2,1H3,(H,22,26). The van der Waals surface area contributed by atoms with Crippen LogP contribution in [0.25, 0.3) is 16.6 Å². The lowest BCUT2D eigenvalue weighted by Crippen LogP contribution is -2.12. The number of para-hydroxylation sites is 1. The van der Waals surface area contributed by atoms with Crippen LogP contribution >= 0.6 is 0 Å². The van der Waals surface area contributed by atoms with Gasteiger partial charge in [-0.25, -0.2) is 4.68 Å². The van der Waals surface area contributed by atoms with Gasteiger partial charge in [-0.05, 0) is 43.3 Å². The van der Waals surface area contributed by atoms with E-state index in [-0.39, 0.29) is 11.6 Å². The van der Waals surface area contributed by atoms with Gasteiger partial charge in [0.2, 0.25) is 0 Å². The largest absolute Gasteiger partial charge is 0.494 e. The molecule has 0 unspecified atom stereocenters. The summed E-state index contributed by atoms with van der Waals surface area (Å²) < 4.78 is 6.97. The van der Waals surface area contributed by atoms with Gasteiger partial charge in [-0.2, -0.15) is 0 Å². The van der Waals surface area contributed by atoms with Gasteiger partial charge in [-0.1, -0.05) is 23.4 Å². The van der Waals surface area contributed by atoms with Crippen LogP contribution < -0.4 is 10.1 Å². The molecule has 0 atom stereocenters. The zero-order chi connectivity index (χ0) is 18.6. The molecule has 4 rings (SSSR count). The number of aromatic nitrogens is 4. The maximum Gasteiger partial charge on any atom is 0.277 e. The maximum atomic E-state index is 12.5. The van der Waals surface area contributed by atoms with Gasteiger partial charge in [0, 0.05) is 5.39 Å². The van der Waals surface area contributed by atoms with E-state index in [0.29, 0.717) is 12.3 Å². The SMILES string of the molecule is CCOc1ccc(-n2cc(C(=O)Nc3cnc4ccccc4c3)nn2)cc1.